The van der Waals surface area contributed by atoms with Crippen LogP contribution in [0.1, 0.15) is 32.6 Å². The van der Waals surface area contributed by atoms with Crippen molar-refractivity contribution in [3.63, 3.8) is 0 Å². The third-order valence-corrected chi connectivity index (χ3v) is 3.80. The summed E-state index contributed by atoms with van der Waals surface area (Å²) in [4.78, 5) is 14.3. The van der Waals surface area contributed by atoms with Gasteiger partial charge in [0.15, 0.2) is 0 Å². The first kappa shape index (κ1) is 13.9. The number of nitrogens with zero attached hydrogens (tertiary/aromatic N) is 1. The molecular weight excluding hydrogens is 238 g/mol. The predicted octanol–water partition coefficient (Wildman–Crippen LogP) is 2.47. The Morgan fingerprint density at radius 1 is 1.42 bits per heavy atom. The molecule has 1 saturated heterocycles. The molecule has 19 heavy (non-hydrogen) atoms. The molecule has 3 N–H and O–H groups in total. The molecule has 1 aliphatic rings. The molecule has 104 valence electrons. The van der Waals surface area contributed by atoms with Gasteiger partial charge in [-0.05, 0) is 38.4 Å². The van der Waals surface area contributed by atoms with Crippen LogP contribution < -0.4 is 11.1 Å². The minimum Gasteiger partial charge on any atom is -0.397 e. The standard InChI is InChI=1S/C15H23N3O/c1-12-6-4-5-10-18(12)11-9-15(19)17-14-8-3-2-7-13(14)16/h2-3,7-8,12H,4-6,9-11,16H2,1H3,(H,17,19). The average molecular weight is 261 g/mol. The number of carbonyl (C=O) groups is 1. The van der Waals surface area contributed by atoms with Gasteiger partial charge in [-0.15, -0.1) is 0 Å². The number of benzene rings is 1. The smallest absolute Gasteiger partial charge is 0.225 e. The number of nitrogens with one attached hydrogen (secondary N) is 1. The lowest BCUT2D eigenvalue weighted by Gasteiger charge is -2.33. The highest BCUT2D eigenvalue weighted by molar-refractivity contribution is 5.93. The van der Waals surface area contributed by atoms with Crippen LogP contribution in [0.25, 0.3) is 0 Å². The number of nitrogens with two attached hydrogens (primary N) is 1. The zero-order valence-corrected chi connectivity index (χ0v) is 11.6. The molecule has 1 aliphatic heterocycles. The maximum absolute atomic E-state index is 11.9. The van der Waals surface area contributed by atoms with Gasteiger partial charge in [0, 0.05) is 19.0 Å². The Kier molecular flexibility index (Phi) is 4.80. The molecule has 2 rings (SSSR count). The zero-order valence-electron chi connectivity index (χ0n) is 11.6. The molecule has 0 radical (unpaired) electrons. The number of anilines is 2. The third kappa shape index (κ3) is 3.96. The van der Waals surface area contributed by atoms with Crippen LogP contribution in [-0.2, 0) is 4.79 Å². The maximum Gasteiger partial charge on any atom is 0.225 e. The molecule has 1 aromatic rings. The summed E-state index contributed by atoms with van der Waals surface area (Å²) in [5, 5.41) is 2.87. The second-order valence-electron chi connectivity index (χ2n) is 5.27. The van der Waals surface area contributed by atoms with Crippen molar-refractivity contribution in [2.75, 3.05) is 24.1 Å². The van der Waals surface area contributed by atoms with Gasteiger partial charge in [-0.3, -0.25) is 4.79 Å². The van der Waals surface area contributed by atoms with Crippen molar-refractivity contribution in [2.45, 2.75) is 38.6 Å². The van der Waals surface area contributed by atoms with E-state index < -0.39 is 0 Å². The molecule has 0 bridgehead atoms. The lowest BCUT2D eigenvalue weighted by molar-refractivity contribution is -0.116. The van der Waals surface area contributed by atoms with Crippen molar-refractivity contribution in [3.8, 4) is 0 Å². The van der Waals surface area contributed by atoms with Gasteiger partial charge in [-0.1, -0.05) is 18.6 Å². The van der Waals surface area contributed by atoms with Gasteiger partial charge in [0.25, 0.3) is 0 Å². The van der Waals surface area contributed by atoms with Crippen molar-refractivity contribution < 1.29 is 4.79 Å². The molecular formula is C15H23N3O. The first-order valence-corrected chi connectivity index (χ1v) is 7.05. The van der Waals surface area contributed by atoms with Crippen LogP contribution in [0.5, 0.6) is 0 Å². The van der Waals surface area contributed by atoms with E-state index in [0.717, 1.165) is 13.1 Å². The van der Waals surface area contributed by atoms with Gasteiger partial charge in [-0.25, -0.2) is 0 Å². The summed E-state index contributed by atoms with van der Waals surface area (Å²) in [6, 6.07) is 7.96. The van der Waals surface area contributed by atoms with Crippen molar-refractivity contribution in [1.29, 1.82) is 0 Å². The first-order valence-electron chi connectivity index (χ1n) is 7.05. The maximum atomic E-state index is 11.9. The molecule has 1 fully saturated rings. The molecule has 4 heteroatoms. The number of para-hydroxylation sites is 2. The van der Waals surface area contributed by atoms with E-state index in [0.29, 0.717) is 23.8 Å². The zero-order chi connectivity index (χ0) is 13.7. The normalized spacial score (nSPS) is 20.2. The van der Waals surface area contributed by atoms with Gasteiger partial charge < -0.3 is 16.0 Å². The molecule has 1 atom stereocenters. The Hall–Kier alpha value is -1.55. The van der Waals surface area contributed by atoms with E-state index in [1.54, 1.807) is 6.07 Å². The Balaban J connectivity index is 1.80. The minimum absolute atomic E-state index is 0.0377. The Bertz CT molecular complexity index is 433. The summed E-state index contributed by atoms with van der Waals surface area (Å²) in [6.45, 7) is 4.19. The van der Waals surface area contributed by atoms with Crippen LogP contribution in [0.4, 0.5) is 11.4 Å². The lowest BCUT2D eigenvalue weighted by Crippen LogP contribution is -2.39. The van der Waals surface area contributed by atoms with E-state index in [1.165, 1.54) is 19.3 Å². The van der Waals surface area contributed by atoms with Crippen LogP contribution in [0.15, 0.2) is 24.3 Å². The minimum atomic E-state index is 0.0377. The van der Waals surface area contributed by atoms with E-state index in [9.17, 15) is 4.79 Å². The highest BCUT2D eigenvalue weighted by Gasteiger charge is 2.18. The van der Waals surface area contributed by atoms with E-state index >= 15 is 0 Å². The van der Waals surface area contributed by atoms with Gasteiger partial charge in [0.1, 0.15) is 0 Å². The second kappa shape index (κ2) is 6.57. The second-order valence-corrected chi connectivity index (χ2v) is 5.27. The Labute approximate surface area is 115 Å². The summed E-state index contributed by atoms with van der Waals surface area (Å²) >= 11 is 0. The van der Waals surface area contributed by atoms with Gasteiger partial charge in [0.05, 0.1) is 11.4 Å². The largest absolute Gasteiger partial charge is 0.397 e. The van der Waals surface area contributed by atoms with Crippen molar-refractivity contribution in [2.24, 2.45) is 0 Å². The van der Waals surface area contributed by atoms with Crippen LogP contribution in [-0.4, -0.2) is 29.9 Å². The van der Waals surface area contributed by atoms with Gasteiger partial charge in [0.2, 0.25) is 5.91 Å². The summed E-state index contributed by atoms with van der Waals surface area (Å²) in [5.74, 6) is 0.0377. The topological polar surface area (TPSA) is 58.4 Å². The number of rotatable bonds is 4. The Morgan fingerprint density at radius 3 is 2.95 bits per heavy atom. The molecule has 0 aliphatic carbocycles. The molecule has 1 amide bonds. The molecule has 1 heterocycles. The SMILES string of the molecule is CC1CCCCN1CCC(=O)Nc1ccccc1N. The van der Waals surface area contributed by atoms with Crippen molar-refractivity contribution >= 4 is 17.3 Å². The monoisotopic (exact) mass is 261 g/mol. The fraction of sp³-hybridized carbons (Fsp3) is 0.533. The molecule has 4 nitrogen and oxygen atoms in total. The highest BCUT2D eigenvalue weighted by Crippen LogP contribution is 2.18. The molecule has 0 spiro atoms. The highest BCUT2D eigenvalue weighted by atomic mass is 16.1. The third-order valence-electron chi connectivity index (χ3n) is 3.80. The van der Waals surface area contributed by atoms with E-state index in [4.69, 9.17) is 5.73 Å². The average Bonchev–Trinajstić information content (AvgIpc) is 2.40. The number of likely N-dealkylation sites (tertiary alicyclic amines) is 1. The van der Waals surface area contributed by atoms with Gasteiger partial charge >= 0.3 is 0 Å². The van der Waals surface area contributed by atoms with Gasteiger partial charge in [-0.2, -0.15) is 0 Å². The van der Waals surface area contributed by atoms with Crippen LogP contribution in [0.3, 0.4) is 0 Å². The molecule has 1 unspecified atom stereocenters. The Morgan fingerprint density at radius 2 is 2.21 bits per heavy atom. The molecule has 1 aromatic carbocycles. The van der Waals surface area contributed by atoms with Crippen LogP contribution in [0, 0.1) is 0 Å². The quantitative estimate of drug-likeness (QED) is 0.819. The summed E-state index contributed by atoms with van der Waals surface area (Å²) in [5.41, 5.74) is 7.13. The molecule has 0 saturated carbocycles. The number of hydrogen-bond acceptors (Lipinski definition) is 3. The lowest BCUT2D eigenvalue weighted by atomic mass is 10.0. The van der Waals surface area contributed by atoms with E-state index in [-0.39, 0.29) is 5.91 Å². The predicted molar refractivity (Wildman–Crippen MR) is 79.0 cm³/mol. The summed E-state index contributed by atoms with van der Waals surface area (Å²) in [7, 11) is 0. The van der Waals surface area contributed by atoms with E-state index in [1.807, 2.05) is 18.2 Å². The number of hydrogen-bond donors (Lipinski definition) is 2. The number of carbonyl (C=O) groups excluding carboxylic acids is 1. The first-order chi connectivity index (χ1) is 9.16. The number of piperidine rings is 1. The fourth-order valence-corrected chi connectivity index (χ4v) is 2.56. The van der Waals surface area contributed by atoms with E-state index in [2.05, 4.69) is 17.1 Å². The summed E-state index contributed by atoms with van der Waals surface area (Å²) in [6.07, 6.45) is 4.33. The number of nitrogen functional groups attached to an aromatic ring is 1. The van der Waals surface area contributed by atoms with Crippen molar-refractivity contribution in [3.05, 3.63) is 24.3 Å². The fourth-order valence-electron chi connectivity index (χ4n) is 2.56. The number of amides is 1. The van der Waals surface area contributed by atoms with Crippen LogP contribution >= 0.6 is 0 Å². The van der Waals surface area contributed by atoms with Crippen LogP contribution in [0.2, 0.25) is 0 Å². The summed E-state index contributed by atoms with van der Waals surface area (Å²) < 4.78 is 0. The van der Waals surface area contributed by atoms with Crippen molar-refractivity contribution in [1.82, 2.24) is 4.90 Å². The molecule has 0 aromatic heterocycles.